The highest BCUT2D eigenvalue weighted by Gasteiger charge is 2.29. The molecule has 4 amide bonds. The highest BCUT2D eigenvalue weighted by molar-refractivity contribution is 5.90. The summed E-state index contributed by atoms with van der Waals surface area (Å²) in [4.78, 5) is 63.7. The third-order valence-corrected chi connectivity index (χ3v) is 7.26. The van der Waals surface area contributed by atoms with Crippen LogP contribution in [0.2, 0.25) is 0 Å². The van der Waals surface area contributed by atoms with E-state index in [2.05, 4.69) is 21.3 Å². The molecule has 0 heterocycles. The Morgan fingerprint density at radius 2 is 1.22 bits per heavy atom. The van der Waals surface area contributed by atoms with Crippen LogP contribution in [0.25, 0.3) is 0 Å². The molecule has 0 radical (unpaired) electrons. The molecule has 0 unspecified atom stereocenters. The topological polar surface area (TPSA) is 187 Å². The largest absolute Gasteiger partial charge is 0.458 e. The first-order valence-corrected chi connectivity index (χ1v) is 18.0. The summed E-state index contributed by atoms with van der Waals surface area (Å²) in [5.41, 5.74) is 5.05. The van der Waals surface area contributed by atoms with E-state index in [0.717, 1.165) is 31.2 Å². The summed E-state index contributed by atoms with van der Waals surface area (Å²) in [5.74, 6) is -1.31. The first-order chi connectivity index (χ1) is 23.6. The van der Waals surface area contributed by atoms with Gasteiger partial charge in [-0.2, -0.15) is 0 Å². The van der Waals surface area contributed by atoms with Gasteiger partial charge in [0.1, 0.15) is 29.9 Å². The van der Waals surface area contributed by atoms with Gasteiger partial charge in [0.05, 0.1) is 0 Å². The Labute approximate surface area is 298 Å². The molecule has 0 fully saturated rings. The standard InChI is InChI=1S/C37H63N5O8/c1-36(2,3)49-33(45)30(22-15-18-25-39-34(46)48-27-28-19-11-10-12-20-28)42-32(44)29(41-31(43)23-13-8-7-9-16-24-38)21-14-17-26-40-35(47)50-37(4,5)6/h10-12,19-20,29-30H,7-9,13-18,21-27,38H2,1-6H3,(H,39,46)(H,40,47)(H,41,43)(H,42,44)/t29-,30-/m0/s1. The van der Waals surface area contributed by atoms with Crippen molar-refractivity contribution in [3.8, 4) is 0 Å². The number of alkyl carbamates (subject to hydrolysis) is 2. The van der Waals surface area contributed by atoms with Gasteiger partial charge < -0.3 is 41.2 Å². The fraction of sp³-hybridized carbons (Fsp3) is 0.703. The molecule has 0 spiro atoms. The van der Waals surface area contributed by atoms with Crippen LogP contribution < -0.4 is 27.0 Å². The highest BCUT2D eigenvalue weighted by Crippen LogP contribution is 2.13. The third-order valence-electron chi connectivity index (χ3n) is 7.26. The molecule has 13 heteroatoms. The Hall–Kier alpha value is -3.87. The maximum absolute atomic E-state index is 13.6. The average molecular weight is 706 g/mol. The third kappa shape index (κ3) is 23.5. The quantitative estimate of drug-likeness (QED) is 0.0565. The van der Waals surface area contributed by atoms with Crippen LogP contribution in [0.15, 0.2) is 30.3 Å². The molecular formula is C37H63N5O8. The minimum absolute atomic E-state index is 0.159. The summed E-state index contributed by atoms with van der Waals surface area (Å²) >= 11 is 0. The van der Waals surface area contributed by atoms with E-state index < -0.39 is 47.3 Å². The van der Waals surface area contributed by atoms with Crippen molar-refractivity contribution in [3.63, 3.8) is 0 Å². The van der Waals surface area contributed by atoms with Crippen molar-refractivity contribution in [1.29, 1.82) is 0 Å². The normalized spacial score (nSPS) is 12.6. The molecule has 284 valence electrons. The summed E-state index contributed by atoms with van der Waals surface area (Å²) in [6.07, 6.45) is 6.44. The molecule has 1 rings (SSSR count). The first-order valence-electron chi connectivity index (χ1n) is 18.0. The number of amides is 4. The maximum atomic E-state index is 13.6. The van der Waals surface area contributed by atoms with Gasteiger partial charge in [-0.15, -0.1) is 0 Å². The Kier molecular flexibility index (Phi) is 21.5. The van der Waals surface area contributed by atoms with Crippen LogP contribution in [0.4, 0.5) is 9.59 Å². The zero-order valence-electron chi connectivity index (χ0n) is 31.2. The number of esters is 1. The maximum Gasteiger partial charge on any atom is 0.407 e. The van der Waals surface area contributed by atoms with Gasteiger partial charge in [0.15, 0.2) is 0 Å². The van der Waals surface area contributed by atoms with E-state index in [4.69, 9.17) is 19.9 Å². The molecule has 0 aliphatic carbocycles. The SMILES string of the molecule is CC(C)(C)OC(=O)NCCCC[C@H](NC(=O)CCCCCCCN)C(=O)N[C@@H](CCCCNC(=O)OCc1ccccc1)C(=O)OC(C)(C)C. The summed E-state index contributed by atoms with van der Waals surface area (Å²) in [6.45, 7) is 12.1. The highest BCUT2D eigenvalue weighted by atomic mass is 16.6. The van der Waals surface area contributed by atoms with Crippen molar-refractivity contribution < 1.29 is 38.2 Å². The molecule has 1 aromatic carbocycles. The fourth-order valence-corrected chi connectivity index (χ4v) is 4.81. The Balaban J connectivity index is 2.78. The van der Waals surface area contributed by atoms with Gasteiger partial charge in [-0.25, -0.2) is 14.4 Å². The minimum Gasteiger partial charge on any atom is -0.458 e. The zero-order valence-corrected chi connectivity index (χ0v) is 31.2. The summed E-state index contributed by atoms with van der Waals surface area (Å²) in [7, 11) is 0. The Morgan fingerprint density at radius 3 is 1.82 bits per heavy atom. The van der Waals surface area contributed by atoms with Crippen molar-refractivity contribution in [3.05, 3.63) is 35.9 Å². The number of carbonyl (C=O) groups is 5. The molecule has 0 aliphatic rings. The Morgan fingerprint density at radius 1 is 0.660 bits per heavy atom. The van der Waals surface area contributed by atoms with E-state index in [9.17, 15) is 24.0 Å². The van der Waals surface area contributed by atoms with E-state index in [0.29, 0.717) is 58.2 Å². The van der Waals surface area contributed by atoms with Gasteiger partial charge in [-0.1, -0.05) is 49.6 Å². The van der Waals surface area contributed by atoms with Crippen molar-refractivity contribution in [2.24, 2.45) is 5.73 Å². The van der Waals surface area contributed by atoms with E-state index in [1.807, 2.05) is 30.3 Å². The number of hydrogen-bond donors (Lipinski definition) is 5. The zero-order chi connectivity index (χ0) is 37.4. The molecular weight excluding hydrogens is 642 g/mol. The van der Waals surface area contributed by atoms with Gasteiger partial charge in [-0.05, 0) is 105 Å². The number of nitrogens with two attached hydrogens (primary N) is 1. The Bertz CT molecular complexity index is 1150. The lowest BCUT2D eigenvalue weighted by molar-refractivity contribution is -0.159. The van der Waals surface area contributed by atoms with E-state index in [1.54, 1.807) is 41.5 Å². The predicted molar refractivity (Wildman–Crippen MR) is 193 cm³/mol. The lowest BCUT2D eigenvalue weighted by Gasteiger charge is -2.26. The molecule has 2 atom stereocenters. The number of nitrogens with one attached hydrogen (secondary N) is 4. The number of unbranched alkanes of at least 4 members (excludes halogenated alkanes) is 6. The predicted octanol–water partition coefficient (Wildman–Crippen LogP) is 5.39. The molecule has 0 aromatic heterocycles. The molecule has 13 nitrogen and oxygen atoms in total. The van der Waals surface area contributed by atoms with Gasteiger partial charge in [0.2, 0.25) is 11.8 Å². The second kappa shape index (κ2) is 24.3. The molecule has 0 saturated carbocycles. The van der Waals surface area contributed by atoms with Crippen molar-refractivity contribution in [2.75, 3.05) is 19.6 Å². The first kappa shape index (κ1) is 44.2. The van der Waals surface area contributed by atoms with Crippen molar-refractivity contribution >= 4 is 30.0 Å². The molecule has 0 aliphatic heterocycles. The minimum atomic E-state index is -0.956. The molecule has 0 saturated heterocycles. The van der Waals surface area contributed by atoms with Crippen LogP contribution in [-0.2, 0) is 35.2 Å². The van der Waals surface area contributed by atoms with Crippen LogP contribution >= 0.6 is 0 Å². The summed E-state index contributed by atoms with van der Waals surface area (Å²) in [6, 6.07) is 7.51. The number of carbonyl (C=O) groups excluding carboxylic acids is 5. The molecule has 1 aromatic rings. The lowest BCUT2D eigenvalue weighted by atomic mass is 10.0. The van der Waals surface area contributed by atoms with Gasteiger partial charge >= 0.3 is 18.2 Å². The van der Waals surface area contributed by atoms with E-state index in [-0.39, 0.29) is 25.4 Å². The van der Waals surface area contributed by atoms with Gasteiger partial charge in [0, 0.05) is 19.5 Å². The number of hydrogen-bond acceptors (Lipinski definition) is 9. The van der Waals surface area contributed by atoms with Gasteiger partial charge in [0.25, 0.3) is 0 Å². The van der Waals surface area contributed by atoms with Gasteiger partial charge in [-0.3, -0.25) is 9.59 Å². The number of benzene rings is 1. The molecule has 6 N–H and O–H groups in total. The average Bonchev–Trinajstić information content (AvgIpc) is 3.02. The monoisotopic (exact) mass is 705 g/mol. The van der Waals surface area contributed by atoms with Crippen molar-refractivity contribution in [2.45, 2.75) is 148 Å². The van der Waals surface area contributed by atoms with Crippen LogP contribution in [0.5, 0.6) is 0 Å². The van der Waals surface area contributed by atoms with E-state index >= 15 is 0 Å². The fourth-order valence-electron chi connectivity index (χ4n) is 4.81. The van der Waals surface area contributed by atoms with Crippen molar-refractivity contribution in [1.82, 2.24) is 21.3 Å². The lowest BCUT2D eigenvalue weighted by Crippen LogP contribution is -2.52. The molecule has 0 bridgehead atoms. The number of ether oxygens (including phenoxy) is 3. The van der Waals surface area contributed by atoms with Crippen LogP contribution in [0.3, 0.4) is 0 Å². The number of rotatable bonds is 23. The summed E-state index contributed by atoms with van der Waals surface area (Å²) < 4.78 is 16.1. The smallest absolute Gasteiger partial charge is 0.407 e. The second-order valence-electron chi connectivity index (χ2n) is 14.4. The van der Waals surface area contributed by atoms with E-state index in [1.165, 1.54) is 0 Å². The van der Waals surface area contributed by atoms with Crippen LogP contribution in [-0.4, -0.2) is 72.9 Å². The molecule has 50 heavy (non-hydrogen) atoms. The van der Waals surface area contributed by atoms with Crippen LogP contribution in [0.1, 0.15) is 124 Å². The second-order valence-corrected chi connectivity index (χ2v) is 14.4. The van der Waals surface area contributed by atoms with Crippen LogP contribution in [0, 0.1) is 0 Å². The summed E-state index contributed by atoms with van der Waals surface area (Å²) in [5, 5.41) is 11.1.